The maximum absolute atomic E-state index is 10.3. The standard InChI is InChI=1S/C22H44O2.C18H36O2.2Ag/c1-2-3-4-5-6-7-8-9-10-11-12-13-14-15-16-17-18-19-20-21-22(23)24;1-2-3-4-5-6-7-8-9-10-11-12-13-14-15-16-17-18(19)20;;/h2-21H2,1H3,(H,23,24);2-17H2,1H3,(H,19,20);;/q;;2*+1/p-2. The minimum atomic E-state index is -0.903. The first kappa shape index (κ1) is 53.2. The number of carbonyl (C=O) groups excluding carboxylic acids is 2. The van der Waals surface area contributed by atoms with E-state index < -0.39 is 11.9 Å². The van der Waals surface area contributed by atoms with E-state index in [9.17, 15) is 19.8 Å². The summed E-state index contributed by atoms with van der Waals surface area (Å²) < 4.78 is 0. The zero-order chi connectivity index (χ0) is 32.6. The molecule has 0 saturated heterocycles. The van der Waals surface area contributed by atoms with Gasteiger partial charge >= 0.3 is 44.8 Å². The summed E-state index contributed by atoms with van der Waals surface area (Å²) in [5, 5.41) is 20.5. The molecule has 0 aromatic carbocycles. The van der Waals surface area contributed by atoms with Crippen LogP contribution in [0.15, 0.2) is 0 Å². The Morgan fingerprint density at radius 2 is 0.413 bits per heavy atom. The summed E-state index contributed by atoms with van der Waals surface area (Å²) in [5.41, 5.74) is 0. The van der Waals surface area contributed by atoms with Crippen molar-refractivity contribution >= 4 is 11.9 Å². The SMILES string of the molecule is CCCCCCCCCCCCCCCCCC(=O)[O-].CCCCCCCCCCCCCCCCCCCCCC(=O)[O-].[Ag+].[Ag+]. The first-order valence-corrected chi connectivity index (χ1v) is 19.9. The average Bonchev–Trinajstić information content (AvgIpc) is 3.00. The summed E-state index contributed by atoms with van der Waals surface area (Å²) in [6.45, 7) is 4.55. The molecule has 0 saturated carbocycles. The molecule has 0 aliphatic rings. The predicted octanol–water partition coefficient (Wildman–Crippen LogP) is 11.6. The number of carboxylic acids is 2. The Labute approximate surface area is 319 Å². The number of aliphatic carboxylic acids is 2. The van der Waals surface area contributed by atoms with Gasteiger partial charge in [0.2, 0.25) is 0 Å². The van der Waals surface area contributed by atoms with Crippen molar-refractivity contribution in [3.8, 4) is 0 Å². The van der Waals surface area contributed by atoms with Gasteiger partial charge in [-0.3, -0.25) is 0 Å². The zero-order valence-electron chi connectivity index (χ0n) is 30.7. The molecule has 284 valence electrons. The van der Waals surface area contributed by atoms with Crippen molar-refractivity contribution in [1.82, 2.24) is 0 Å². The van der Waals surface area contributed by atoms with Crippen LogP contribution in [-0.2, 0) is 54.3 Å². The van der Waals surface area contributed by atoms with Gasteiger partial charge in [-0.2, -0.15) is 0 Å². The van der Waals surface area contributed by atoms with Gasteiger partial charge in [0.15, 0.2) is 0 Å². The molecule has 0 aliphatic carbocycles. The van der Waals surface area contributed by atoms with Gasteiger partial charge in [0.05, 0.1) is 0 Å². The third-order valence-corrected chi connectivity index (χ3v) is 8.97. The molecule has 0 fully saturated rings. The second-order valence-electron chi connectivity index (χ2n) is 13.6. The fourth-order valence-corrected chi connectivity index (χ4v) is 5.99. The van der Waals surface area contributed by atoms with Crippen LogP contribution >= 0.6 is 0 Å². The van der Waals surface area contributed by atoms with Gasteiger partial charge in [-0.05, 0) is 25.7 Å². The van der Waals surface area contributed by atoms with Crippen molar-refractivity contribution < 1.29 is 64.6 Å². The van der Waals surface area contributed by atoms with Crippen LogP contribution in [0.4, 0.5) is 0 Å². The van der Waals surface area contributed by atoms with E-state index in [1.807, 2.05) is 0 Å². The van der Waals surface area contributed by atoms with E-state index in [2.05, 4.69) is 13.8 Å². The molecule has 0 N–H and O–H groups in total. The fourth-order valence-electron chi connectivity index (χ4n) is 5.99. The smallest absolute Gasteiger partial charge is 0.550 e. The molecule has 0 bridgehead atoms. The van der Waals surface area contributed by atoms with Crippen LogP contribution in [0.1, 0.15) is 245 Å². The van der Waals surface area contributed by atoms with Crippen LogP contribution in [0.3, 0.4) is 0 Å². The first-order chi connectivity index (χ1) is 21.5. The van der Waals surface area contributed by atoms with Gasteiger partial charge < -0.3 is 19.8 Å². The summed E-state index contributed by atoms with van der Waals surface area (Å²) >= 11 is 0. The predicted molar refractivity (Wildman–Crippen MR) is 188 cm³/mol. The van der Waals surface area contributed by atoms with E-state index in [0.29, 0.717) is 0 Å². The van der Waals surface area contributed by atoms with Crippen LogP contribution < -0.4 is 10.2 Å². The number of hydrogen-bond acceptors (Lipinski definition) is 4. The largest absolute Gasteiger partial charge is 1.00 e. The molecule has 0 unspecified atom stereocenters. The van der Waals surface area contributed by atoms with Crippen LogP contribution in [0.2, 0.25) is 0 Å². The van der Waals surface area contributed by atoms with Gasteiger partial charge in [-0.1, -0.05) is 219 Å². The van der Waals surface area contributed by atoms with Crippen molar-refractivity contribution in [2.24, 2.45) is 0 Å². The molecular weight excluding hydrogens is 760 g/mol. The molecule has 0 radical (unpaired) electrons. The second-order valence-corrected chi connectivity index (χ2v) is 13.6. The molecule has 4 nitrogen and oxygen atoms in total. The normalized spacial score (nSPS) is 10.5. The Morgan fingerprint density at radius 3 is 0.543 bits per heavy atom. The zero-order valence-corrected chi connectivity index (χ0v) is 33.7. The summed E-state index contributed by atoms with van der Waals surface area (Å²) in [4.78, 5) is 20.5. The Hall–Kier alpha value is 0.421. The maximum Gasteiger partial charge on any atom is 1.00 e. The van der Waals surface area contributed by atoms with Crippen LogP contribution in [0, 0.1) is 0 Å². The minimum Gasteiger partial charge on any atom is -0.550 e. The number of rotatable bonds is 36. The number of unbranched alkanes of at least 4 members (excludes halogenated alkanes) is 32. The monoisotopic (exact) mass is 836 g/mol. The van der Waals surface area contributed by atoms with Gasteiger partial charge in [-0.15, -0.1) is 0 Å². The third kappa shape index (κ3) is 56.7. The molecule has 0 aromatic rings. The van der Waals surface area contributed by atoms with Crippen LogP contribution in [0.25, 0.3) is 0 Å². The van der Waals surface area contributed by atoms with Crippen molar-refractivity contribution in [3.05, 3.63) is 0 Å². The Bertz CT molecular complexity index is 559. The topological polar surface area (TPSA) is 80.3 Å². The molecule has 0 aromatic heterocycles. The molecule has 0 rings (SSSR count). The number of hydrogen-bond donors (Lipinski definition) is 0. The van der Waals surface area contributed by atoms with E-state index in [1.165, 1.54) is 193 Å². The van der Waals surface area contributed by atoms with Gasteiger partial charge in [0.1, 0.15) is 0 Å². The second kappa shape index (κ2) is 49.8. The Morgan fingerprint density at radius 1 is 0.283 bits per heavy atom. The van der Waals surface area contributed by atoms with E-state index in [0.717, 1.165) is 25.7 Å². The Balaban J connectivity index is -0.000000373. The van der Waals surface area contributed by atoms with E-state index >= 15 is 0 Å². The van der Waals surface area contributed by atoms with Gasteiger partial charge in [-0.25, -0.2) is 0 Å². The van der Waals surface area contributed by atoms with E-state index in [4.69, 9.17) is 0 Å². The average molecular weight is 839 g/mol. The first-order valence-electron chi connectivity index (χ1n) is 19.9. The van der Waals surface area contributed by atoms with Crippen molar-refractivity contribution in [2.45, 2.75) is 245 Å². The molecule has 0 atom stereocenters. The van der Waals surface area contributed by atoms with Crippen molar-refractivity contribution in [2.75, 3.05) is 0 Å². The summed E-state index contributed by atoms with van der Waals surface area (Å²) in [5.74, 6) is -1.80. The summed E-state index contributed by atoms with van der Waals surface area (Å²) in [6, 6.07) is 0. The molecule has 46 heavy (non-hydrogen) atoms. The van der Waals surface area contributed by atoms with Crippen LogP contribution in [0.5, 0.6) is 0 Å². The number of carboxylic acid groups (broad SMARTS) is 2. The summed E-state index contributed by atoms with van der Waals surface area (Å²) in [7, 11) is 0. The molecule has 0 amide bonds. The van der Waals surface area contributed by atoms with Crippen LogP contribution in [-0.4, -0.2) is 11.9 Å². The van der Waals surface area contributed by atoms with Crippen molar-refractivity contribution in [3.63, 3.8) is 0 Å². The number of carbonyl (C=O) groups is 2. The molecular formula is C40H78Ag2O4. The molecule has 0 aliphatic heterocycles. The van der Waals surface area contributed by atoms with Gasteiger partial charge in [0.25, 0.3) is 0 Å². The molecule has 6 heteroatoms. The Kier molecular flexibility index (Phi) is 57.6. The van der Waals surface area contributed by atoms with E-state index in [-0.39, 0.29) is 57.6 Å². The molecule has 0 spiro atoms. The summed E-state index contributed by atoms with van der Waals surface area (Å²) in [6.07, 6.45) is 45.6. The maximum atomic E-state index is 10.3. The fraction of sp³-hybridized carbons (Fsp3) is 0.950. The minimum absolute atomic E-state index is 0. The van der Waals surface area contributed by atoms with Gasteiger partial charge in [0, 0.05) is 11.9 Å². The third-order valence-electron chi connectivity index (χ3n) is 8.97. The van der Waals surface area contributed by atoms with E-state index in [1.54, 1.807) is 0 Å². The van der Waals surface area contributed by atoms with Crippen molar-refractivity contribution in [1.29, 1.82) is 0 Å². The quantitative estimate of drug-likeness (QED) is 0.0465. The molecule has 0 heterocycles.